The molecule has 0 radical (unpaired) electrons. The smallest absolute Gasteiger partial charge is 0.0947 e. The maximum atomic E-state index is 6.14. The molecule has 0 aliphatic heterocycles. The number of aromatic nitrogens is 1. The van der Waals surface area contributed by atoms with E-state index in [0.29, 0.717) is 0 Å². The van der Waals surface area contributed by atoms with Gasteiger partial charge in [0.05, 0.1) is 5.01 Å². The maximum Gasteiger partial charge on any atom is 0.0947 e. The monoisotopic (exact) mass is 296 g/mol. The van der Waals surface area contributed by atoms with Crippen molar-refractivity contribution in [2.24, 2.45) is 5.73 Å². The molecule has 1 atom stereocenters. The first-order chi connectivity index (χ1) is 7.65. The van der Waals surface area contributed by atoms with E-state index in [1.807, 2.05) is 19.1 Å². The molecule has 16 heavy (non-hydrogen) atoms. The number of aryl methyl sites for hydroxylation is 1. The van der Waals surface area contributed by atoms with Crippen LogP contribution in [0, 0.1) is 6.92 Å². The highest BCUT2D eigenvalue weighted by Crippen LogP contribution is 2.20. The van der Waals surface area contributed by atoms with Gasteiger partial charge in [-0.25, -0.2) is 4.98 Å². The zero-order valence-electron chi connectivity index (χ0n) is 8.98. The predicted octanol–water partition coefficient (Wildman–Crippen LogP) is 3.46. The van der Waals surface area contributed by atoms with Crippen molar-refractivity contribution in [1.82, 2.24) is 4.98 Å². The number of hydrogen-bond donors (Lipinski definition) is 1. The second kappa shape index (κ2) is 5.08. The van der Waals surface area contributed by atoms with E-state index in [0.717, 1.165) is 27.2 Å². The molecule has 84 valence electrons. The van der Waals surface area contributed by atoms with E-state index >= 15 is 0 Å². The van der Waals surface area contributed by atoms with Gasteiger partial charge in [-0.1, -0.05) is 28.1 Å². The van der Waals surface area contributed by atoms with Gasteiger partial charge in [0.25, 0.3) is 0 Å². The lowest BCUT2D eigenvalue weighted by atomic mass is 10.1. The molecule has 1 unspecified atom stereocenters. The van der Waals surface area contributed by atoms with E-state index < -0.39 is 0 Å². The fraction of sp³-hybridized carbons (Fsp3) is 0.250. The summed E-state index contributed by atoms with van der Waals surface area (Å²) in [7, 11) is 0. The molecular formula is C12H13BrN2S. The highest BCUT2D eigenvalue weighted by atomic mass is 79.9. The van der Waals surface area contributed by atoms with Gasteiger partial charge in [-0.2, -0.15) is 0 Å². The van der Waals surface area contributed by atoms with Gasteiger partial charge in [0.2, 0.25) is 0 Å². The molecule has 2 N–H and O–H groups in total. The summed E-state index contributed by atoms with van der Waals surface area (Å²) in [6.45, 7) is 2.01. The summed E-state index contributed by atoms with van der Waals surface area (Å²) in [6, 6.07) is 8.16. The molecule has 2 nitrogen and oxygen atoms in total. The lowest BCUT2D eigenvalue weighted by molar-refractivity contribution is 0.716. The first kappa shape index (κ1) is 11.8. The van der Waals surface area contributed by atoms with Crippen LogP contribution in [-0.4, -0.2) is 4.98 Å². The van der Waals surface area contributed by atoms with Gasteiger partial charge in [-0.3, -0.25) is 0 Å². The van der Waals surface area contributed by atoms with Crippen LogP contribution >= 0.6 is 27.3 Å². The average molecular weight is 297 g/mol. The molecule has 1 heterocycles. The molecule has 0 saturated carbocycles. The fourth-order valence-corrected chi connectivity index (χ4v) is 2.61. The molecule has 0 aliphatic rings. The molecule has 1 aromatic carbocycles. The van der Waals surface area contributed by atoms with Crippen molar-refractivity contribution in [3.8, 4) is 0 Å². The zero-order chi connectivity index (χ0) is 11.5. The molecular weight excluding hydrogens is 284 g/mol. The Morgan fingerprint density at radius 2 is 2.06 bits per heavy atom. The van der Waals surface area contributed by atoms with Gasteiger partial charge < -0.3 is 5.73 Å². The minimum atomic E-state index is 0.0265. The van der Waals surface area contributed by atoms with Crippen LogP contribution in [0.25, 0.3) is 0 Å². The molecule has 1 aromatic heterocycles. The van der Waals surface area contributed by atoms with Gasteiger partial charge in [0.15, 0.2) is 0 Å². The van der Waals surface area contributed by atoms with E-state index in [-0.39, 0.29) is 6.04 Å². The molecule has 0 fully saturated rings. The van der Waals surface area contributed by atoms with Crippen molar-refractivity contribution in [1.29, 1.82) is 0 Å². The molecule has 0 saturated heterocycles. The van der Waals surface area contributed by atoms with Crippen molar-refractivity contribution < 1.29 is 0 Å². The normalized spacial score (nSPS) is 12.7. The largest absolute Gasteiger partial charge is 0.324 e. The Hall–Kier alpha value is -0.710. The molecule has 4 heteroatoms. The lowest BCUT2D eigenvalue weighted by Gasteiger charge is -2.10. The van der Waals surface area contributed by atoms with Crippen LogP contribution in [0.15, 0.2) is 34.1 Å². The minimum absolute atomic E-state index is 0.0265. The van der Waals surface area contributed by atoms with E-state index in [9.17, 15) is 0 Å². The Bertz CT molecular complexity index is 464. The summed E-state index contributed by atoms with van der Waals surface area (Å²) in [6.07, 6.45) is 0.806. The number of nitrogens with zero attached hydrogens (tertiary/aromatic N) is 1. The fourth-order valence-electron chi connectivity index (χ4n) is 1.51. The Morgan fingerprint density at radius 3 is 2.62 bits per heavy atom. The summed E-state index contributed by atoms with van der Waals surface area (Å²) in [5.74, 6) is 0. The van der Waals surface area contributed by atoms with E-state index in [1.165, 1.54) is 0 Å². The summed E-state index contributed by atoms with van der Waals surface area (Å²) in [5.41, 5.74) is 8.36. The zero-order valence-corrected chi connectivity index (χ0v) is 11.4. The van der Waals surface area contributed by atoms with Crippen LogP contribution in [0.3, 0.4) is 0 Å². The quantitative estimate of drug-likeness (QED) is 0.942. The molecule has 0 bridgehead atoms. The van der Waals surface area contributed by atoms with Gasteiger partial charge in [0.1, 0.15) is 0 Å². The highest BCUT2D eigenvalue weighted by Gasteiger charge is 2.09. The molecule has 0 spiro atoms. The number of rotatable bonds is 3. The Kier molecular flexibility index (Phi) is 3.74. The Labute approximate surface area is 108 Å². The summed E-state index contributed by atoms with van der Waals surface area (Å²) in [4.78, 5) is 4.42. The maximum absolute atomic E-state index is 6.14. The predicted molar refractivity (Wildman–Crippen MR) is 71.6 cm³/mol. The highest BCUT2D eigenvalue weighted by molar-refractivity contribution is 9.10. The second-order valence-electron chi connectivity index (χ2n) is 3.74. The number of nitrogens with two attached hydrogens (primary N) is 1. The van der Waals surface area contributed by atoms with Gasteiger partial charge in [-0.05, 0) is 24.6 Å². The van der Waals surface area contributed by atoms with Crippen LogP contribution in [0.5, 0.6) is 0 Å². The molecule has 0 amide bonds. The van der Waals surface area contributed by atoms with Crippen LogP contribution < -0.4 is 5.73 Å². The third-order valence-corrected chi connectivity index (χ3v) is 3.88. The van der Waals surface area contributed by atoms with E-state index in [2.05, 4.69) is 38.4 Å². The average Bonchev–Trinajstić information content (AvgIpc) is 2.65. The SMILES string of the molecule is Cc1csc(CC(N)c2ccc(Br)cc2)n1. The number of thiazole rings is 1. The van der Waals surface area contributed by atoms with E-state index in [1.54, 1.807) is 11.3 Å². The van der Waals surface area contributed by atoms with Crippen molar-refractivity contribution in [3.63, 3.8) is 0 Å². The first-order valence-electron chi connectivity index (χ1n) is 5.07. The third-order valence-electron chi connectivity index (χ3n) is 2.36. The van der Waals surface area contributed by atoms with Crippen LogP contribution in [0.1, 0.15) is 22.3 Å². The van der Waals surface area contributed by atoms with Crippen molar-refractivity contribution in [2.45, 2.75) is 19.4 Å². The summed E-state index contributed by atoms with van der Waals surface area (Å²) in [5, 5.41) is 3.16. The molecule has 2 rings (SSSR count). The summed E-state index contributed by atoms with van der Waals surface area (Å²) < 4.78 is 1.08. The first-order valence-corrected chi connectivity index (χ1v) is 6.74. The number of benzene rings is 1. The Balaban J connectivity index is 2.08. The standard InChI is InChI=1S/C12H13BrN2S/c1-8-7-16-12(15-8)6-11(14)9-2-4-10(13)5-3-9/h2-5,7,11H,6,14H2,1H3. The van der Waals surface area contributed by atoms with Crippen molar-refractivity contribution in [2.75, 3.05) is 0 Å². The van der Waals surface area contributed by atoms with Gasteiger partial charge >= 0.3 is 0 Å². The summed E-state index contributed by atoms with van der Waals surface area (Å²) >= 11 is 5.09. The topological polar surface area (TPSA) is 38.9 Å². The molecule has 2 aromatic rings. The number of halogens is 1. The lowest BCUT2D eigenvalue weighted by Crippen LogP contribution is -2.13. The third kappa shape index (κ3) is 2.90. The number of hydrogen-bond acceptors (Lipinski definition) is 3. The van der Waals surface area contributed by atoms with Crippen LogP contribution in [0.4, 0.5) is 0 Å². The minimum Gasteiger partial charge on any atom is -0.324 e. The van der Waals surface area contributed by atoms with Crippen LogP contribution in [-0.2, 0) is 6.42 Å². The Morgan fingerprint density at radius 1 is 1.38 bits per heavy atom. The van der Waals surface area contributed by atoms with Gasteiger partial charge in [0, 0.05) is 28.0 Å². The molecule has 0 aliphatic carbocycles. The van der Waals surface area contributed by atoms with E-state index in [4.69, 9.17) is 5.73 Å². The van der Waals surface area contributed by atoms with Crippen molar-refractivity contribution >= 4 is 27.3 Å². The van der Waals surface area contributed by atoms with Crippen molar-refractivity contribution in [3.05, 3.63) is 50.4 Å². The second-order valence-corrected chi connectivity index (χ2v) is 5.60. The van der Waals surface area contributed by atoms with Gasteiger partial charge in [-0.15, -0.1) is 11.3 Å². The van der Waals surface area contributed by atoms with Crippen LogP contribution in [0.2, 0.25) is 0 Å².